The van der Waals surface area contributed by atoms with Crippen molar-refractivity contribution in [1.82, 2.24) is 0 Å². The second-order valence-corrected chi connectivity index (χ2v) is 4.52. The molecule has 5 N–H and O–H groups in total. The quantitative estimate of drug-likeness (QED) is 0.744. The molecule has 0 bridgehead atoms. The summed E-state index contributed by atoms with van der Waals surface area (Å²) in [6.45, 7) is 0. The van der Waals surface area contributed by atoms with Crippen LogP contribution >= 0.6 is 0 Å². The molecule has 20 heavy (non-hydrogen) atoms. The number of amides is 1. The van der Waals surface area contributed by atoms with Crippen molar-refractivity contribution >= 4 is 17.3 Å². The van der Waals surface area contributed by atoms with E-state index in [1.54, 1.807) is 0 Å². The van der Waals surface area contributed by atoms with E-state index in [4.69, 9.17) is 11.5 Å². The van der Waals surface area contributed by atoms with E-state index in [0.29, 0.717) is 12.1 Å². The third-order valence-corrected chi connectivity index (χ3v) is 2.91. The number of rotatable bonds is 4. The van der Waals surface area contributed by atoms with Gasteiger partial charge >= 0.3 is 0 Å². The van der Waals surface area contributed by atoms with Crippen molar-refractivity contribution in [2.75, 3.05) is 11.1 Å². The van der Waals surface area contributed by atoms with Crippen LogP contribution in [0.5, 0.6) is 0 Å². The Morgan fingerprint density at radius 2 is 1.90 bits per heavy atom. The lowest BCUT2D eigenvalue weighted by Gasteiger charge is -2.13. The fourth-order valence-corrected chi connectivity index (χ4v) is 1.83. The molecule has 0 aliphatic heterocycles. The highest BCUT2D eigenvalue weighted by molar-refractivity contribution is 5.97. The number of nitrogen functional groups attached to an aromatic ring is 1. The maximum atomic E-state index is 12.9. The summed E-state index contributed by atoms with van der Waals surface area (Å²) >= 11 is 0. The first-order chi connectivity index (χ1) is 9.56. The fourth-order valence-electron chi connectivity index (χ4n) is 1.83. The fraction of sp³-hybridized carbons (Fsp3) is 0.133. The molecule has 4 nitrogen and oxygen atoms in total. The Bertz CT molecular complexity index is 601. The molecule has 1 atom stereocenters. The molecule has 0 aromatic heterocycles. The maximum absolute atomic E-state index is 12.9. The van der Waals surface area contributed by atoms with Gasteiger partial charge in [0.15, 0.2) is 0 Å². The highest BCUT2D eigenvalue weighted by atomic mass is 19.1. The van der Waals surface area contributed by atoms with Gasteiger partial charge in [-0.1, -0.05) is 30.3 Å². The molecule has 1 amide bonds. The molecule has 2 rings (SSSR count). The summed E-state index contributed by atoms with van der Waals surface area (Å²) in [4.78, 5) is 12.0. The minimum Gasteiger partial charge on any atom is -0.397 e. The zero-order valence-electron chi connectivity index (χ0n) is 10.8. The van der Waals surface area contributed by atoms with Crippen molar-refractivity contribution in [3.63, 3.8) is 0 Å². The summed E-state index contributed by atoms with van der Waals surface area (Å²) in [5, 5.41) is 2.60. The lowest BCUT2D eigenvalue weighted by molar-refractivity contribution is -0.117. The molecule has 2 aromatic rings. The normalized spacial score (nSPS) is 11.9. The molecule has 0 aliphatic rings. The molecule has 0 fully saturated rings. The standard InChI is InChI=1S/C15H16FN3O/c16-11-6-7-14(12(17)9-11)19-15(20)13(18)8-10-4-2-1-3-5-10/h1-7,9,13H,8,17-18H2,(H,19,20). The van der Waals surface area contributed by atoms with Crippen molar-refractivity contribution < 1.29 is 9.18 Å². The van der Waals surface area contributed by atoms with Gasteiger partial charge in [0.05, 0.1) is 17.4 Å². The van der Waals surface area contributed by atoms with Gasteiger partial charge < -0.3 is 16.8 Å². The van der Waals surface area contributed by atoms with E-state index in [1.165, 1.54) is 12.1 Å². The van der Waals surface area contributed by atoms with Crippen molar-refractivity contribution in [1.29, 1.82) is 0 Å². The van der Waals surface area contributed by atoms with Gasteiger partial charge in [-0.25, -0.2) is 4.39 Å². The van der Waals surface area contributed by atoms with Crippen molar-refractivity contribution in [2.24, 2.45) is 5.73 Å². The van der Waals surface area contributed by atoms with Crippen molar-refractivity contribution in [3.8, 4) is 0 Å². The summed E-state index contributed by atoms with van der Waals surface area (Å²) in [5.41, 5.74) is 13.0. The molecule has 0 radical (unpaired) electrons. The molecule has 0 spiro atoms. The van der Waals surface area contributed by atoms with E-state index in [2.05, 4.69) is 5.32 Å². The number of nitrogens with two attached hydrogens (primary N) is 2. The Morgan fingerprint density at radius 3 is 2.55 bits per heavy atom. The van der Waals surface area contributed by atoms with Gasteiger partial charge in [-0.15, -0.1) is 0 Å². The number of hydrogen-bond acceptors (Lipinski definition) is 3. The van der Waals surface area contributed by atoms with Gasteiger partial charge in [-0.2, -0.15) is 0 Å². The van der Waals surface area contributed by atoms with Gasteiger partial charge in [0.1, 0.15) is 5.82 Å². The predicted octanol–water partition coefficient (Wildman–Crippen LogP) is 1.92. The topological polar surface area (TPSA) is 81.1 Å². The van der Waals surface area contributed by atoms with Gasteiger partial charge in [0, 0.05) is 0 Å². The van der Waals surface area contributed by atoms with Crippen LogP contribution in [0.25, 0.3) is 0 Å². The number of halogens is 1. The van der Waals surface area contributed by atoms with Crippen molar-refractivity contribution in [2.45, 2.75) is 12.5 Å². The van der Waals surface area contributed by atoms with Gasteiger partial charge in [-0.05, 0) is 30.2 Å². The number of anilines is 2. The van der Waals surface area contributed by atoms with E-state index in [9.17, 15) is 9.18 Å². The van der Waals surface area contributed by atoms with E-state index in [0.717, 1.165) is 11.6 Å². The minimum atomic E-state index is -0.693. The van der Waals surface area contributed by atoms with E-state index >= 15 is 0 Å². The number of hydrogen-bond donors (Lipinski definition) is 3. The Hall–Kier alpha value is -2.40. The first-order valence-electron chi connectivity index (χ1n) is 6.21. The zero-order valence-corrected chi connectivity index (χ0v) is 10.8. The Kier molecular flexibility index (Phi) is 4.32. The Labute approximate surface area is 116 Å². The van der Waals surface area contributed by atoms with Crippen LogP contribution in [0.2, 0.25) is 0 Å². The van der Waals surface area contributed by atoms with E-state index in [1.807, 2.05) is 30.3 Å². The third-order valence-electron chi connectivity index (χ3n) is 2.91. The van der Waals surface area contributed by atoms with Crippen LogP contribution in [0.1, 0.15) is 5.56 Å². The SMILES string of the molecule is Nc1cc(F)ccc1NC(=O)C(N)Cc1ccccc1. The number of nitrogens with one attached hydrogen (secondary N) is 1. The van der Waals surface area contributed by atoms with E-state index in [-0.39, 0.29) is 11.6 Å². The van der Waals surface area contributed by atoms with Crippen LogP contribution in [0.4, 0.5) is 15.8 Å². The van der Waals surface area contributed by atoms with E-state index < -0.39 is 11.9 Å². The monoisotopic (exact) mass is 273 g/mol. The molecule has 0 heterocycles. The van der Waals surface area contributed by atoms with Crippen LogP contribution in [-0.2, 0) is 11.2 Å². The Balaban J connectivity index is 2.01. The highest BCUT2D eigenvalue weighted by Crippen LogP contribution is 2.19. The lowest BCUT2D eigenvalue weighted by atomic mass is 10.1. The molecule has 0 saturated heterocycles. The summed E-state index contributed by atoms with van der Waals surface area (Å²) in [6, 6.07) is 12.6. The number of carbonyl (C=O) groups is 1. The summed E-state index contributed by atoms with van der Waals surface area (Å²) in [7, 11) is 0. The zero-order chi connectivity index (χ0) is 14.5. The molecular weight excluding hydrogens is 257 g/mol. The molecule has 1 unspecified atom stereocenters. The largest absolute Gasteiger partial charge is 0.397 e. The molecular formula is C15H16FN3O. The molecule has 5 heteroatoms. The molecule has 0 saturated carbocycles. The van der Waals surface area contributed by atoms with Crippen LogP contribution in [-0.4, -0.2) is 11.9 Å². The molecule has 2 aromatic carbocycles. The average Bonchev–Trinajstić information content (AvgIpc) is 2.43. The highest BCUT2D eigenvalue weighted by Gasteiger charge is 2.15. The average molecular weight is 273 g/mol. The second-order valence-electron chi connectivity index (χ2n) is 4.52. The summed E-state index contributed by atoms with van der Waals surface area (Å²) in [6.07, 6.45) is 0.424. The first kappa shape index (κ1) is 14.0. The van der Waals surface area contributed by atoms with Crippen LogP contribution in [0.15, 0.2) is 48.5 Å². The van der Waals surface area contributed by atoms with Crippen LogP contribution < -0.4 is 16.8 Å². The first-order valence-corrected chi connectivity index (χ1v) is 6.21. The molecule has 0 aliphatic carbocycles. The third kappa shape index (κ3) is 3.55. The van der Waals surface area contributed by atoms with Crippen LogP contribution in [0, 0.1) is 5.82 Å². The minimum absolute atomic E-state index is 0.172. The number of carbonyl (C=O) groups excluding carboxylic acids is 1. The molecule has 104 valence electrons. The summed E-state index contributed by atoms with van der Waals surface area (Å²) in [5.74, 6) is -0.804. The van der Waals surface area contributed by atoms with Crippen molar-refractivity contribution in [3.05, 3.63) is 59.9 Å². The predicted molar refractivity (Wildman–Crippen MR) is 77.6 cm³/mol. The van der Waals surface area contributed by atoms with Gasteiger partial charge in [0.25, 0.3) is 0 Å². The van der Waals surface area contributed by atoms with Gasteiger partial charge in [-0.3, -0.25) is 4.79 Å². The Morgan fingerprint density at radius 1 is 1.20 bits per heavy atom. The smallest absolute Gasteiger partial charge is 0.241 e. The maximum Gasteiger partial charge on any atom is 0.241 e. The second kappa shape index (κ2) is 6.16. The van der Waals surface area contributed by atoms with Crippen LogP contribution in [0.3, 0.4) is 0 Å². The van der Waals surface area contributed by atoms with Gasteiger partial charge in [0.2, 0.25) is 5.91 Å². The lowest BCUT2D eigenvalue weighted by Crippen LogP contribution is -2.37. The number of benzene rings is 2. The summed E-state index contributed by atoms with van der Waals surface area (Å²) < 4.78 is 12.9.